The molecule has 0 aliphatic heterocycles. The van der Waals surface area contributed by atoms with Crippen LogP contribution in [-0.4, -0.2) is 42.7 Å². The number of aliphatic hydroxyl groups is 2. The number of nitrogens with zero attached hydrogens (tertiary/aromatic N) is 3. The highest BCUT2D eigenvalue weighted by Crippen LogP contribution is 2.42. The first-order valence-corrected chi connectivity index (χ1v) is 11.0. The molecule has 3 aromatic rings. The molecule has 178 valence electrons. The van der Waals surface area contributed by atoms with Crippen molar-refractivity contribution in [1.29, 1.82) is 0 Å². The standard InChI is InChI=1S/C25H26F2N4O3/c1-13-8-14(10-21(33)25(13,2)34)16-6-7-29-12-15(16)9-20(32)24-18(28)11-17(26)23(31-24)19-4-3-5-22(27)30-19/h3-7,11-14,21,33-34H,8-10,28H2,1-2H3/t13-,14+,21+,25+/m0/s1. The van der Waals surface area contributed by atoms with Crippen LogP contribution in [0, 0.1) is 17.7 Å². The van der Waals surface area contributed by atoms with E-state index < -0.39 is 29.3 Å². The number of rotatable bonds is 5. The van der Waals surface area contributed by atoms with Crippen LogP contribution < -0.4 is 5.73 Å². The first-order chi connectivity index (χ1) is 16.1. The van der Waals surface area contributed by atoms with Crippen LogP contribution in [0.4, 0.5) is 14.5 Å². The lowest BCUT2D eigenvalue weighted by molar-refractivity contribution is -0.123. The van der Waals surface area contributed by atoms with Gasteiger partial charge in [-0.1, -0.05) is 13.0 Å². The summed E-state index contributed by atoms with van der Waals surface area (Å²) in [4.78, 5) is 25.1. The average Bonchev–Trinajstić information content (AvgIpc) is 2.78. The van der Waals surface area contributed by atoms with Gasteiger partial charge in [0.2, 0.25) is 5.95 Å². The zero-order valence-electron chi connectivity index (χ0n) is 18.9. The Morgan fingerprint density at radius 2 is 2.00 bits per heavy atom. The second kappa shape index (κ2) is 9.15. The number of aliphatic hydroxyl groups excluding tert-OH is 1. The van der Waals surface area contributed by atoms with Crippen LogP contribution in [0.1, 0.15) is 54.2 Å². The van der Waals surface area contributed by atoms with E-state index in [9.17, 15) is 23.8 Å². The molecule has 3 aromatic heterocycles. The van der Waals surface area contributed by atoms with Crippen molar-refractivity contribution < 1.29 is 23.8 Å². The topological polar surface area (TPSA) is 122 Å². The lowest BCUT2D eigenvalue weighted by atomic mass is 9.68. The fourth-order valence-corrected chi connectivity index (χ4v) is 4.54. The Labute approximate surface area is 195 Å². The van der Waals surface area contributed by atoms with Crippen LogP contribution in [0.2, 0.25) is 0 Å². The number of ketones is 1. The Bertz CT molecular complexity index is 1220. The van der Waals surface area contributed by atoms with Gasteiger partial charge in [0.15, 0.2) is 11.6 Å². The van der Waals surface area contributed by atoms with Gasteiger partial charge in [-0.3, -0.25) is 9.78 Å². The fourth-order valence-electron chi connectivity index (χ4n) is 4.54. The van der Waals surface area contributed by atoms with Gasteiger partial charge < -0.3 is 15.9 Å². The molecule has 0 amide bonds. The third-order valence-corrected chi connectivity index (χ3v) is 6.78. The minimum Gasteiger partial charge on any atom is -0.397 e. The van der Waals surface area contributed by atoms with Crippen molar-refractivity contribution in [3.05, 3.63) is 71.3 Å². The Morgan fingerprint density at radius 1 is 1.24 bits per heavy atom. The summed E-state index contributed by atoms with van der Waals surface area (Å²) >= 11 is 0. The monoisotopic (exact) mass is 468 g/mol. The van der Waals surface area contributed by atoms with E-state index in [0.29, 0.717) is 18.4 Å². The number of Topliss-reactive ketones (excluding diaryl/α,β-unsaturated/α-hetero) is 1. The summed E-state index contributed by atoms with van der Waals surface area (Å²) in [5.41, 5.74) is 5.60. The van der Waals surface area contributed by atoms with Crippen molar-refractivity contribution in [2.24, 2.45) is 5.92 Å². The van der Waals surface area contributed by atoms with Gasteiger partial charge in [-0.05, 0) is 60.9 Å². The second-order valence-electron chi connectivity index (χ2n) is 9.09. The number of nitrogen functional groups attached to an aromatic ring is 1. The van der Waals surface area contributed by atoms with Crippen LogP contribution in [0.15, 0.2) is 42.7 Å². The molecule has 1 aliphatic carbocycles. The summed E-state index contributed by atoms with van der Waals surface area (Å²) in [6.07, 6.45) is 3.15. The molecule has 1 fully saturated rings. The van der Waals surface area contributed by atoms with Crippen molar-refractivity contribution in [1.82, 2.24) is 15.0 Å². The number of halogens is 2. The van der Waals surface area contributed by atoms with Crippen molar-refractivity contribution in [3.63, 3.8) is 0 Å². The van der Waals surface area contributed by atoms with E-state index in [2.05, 4.69) is 15.0 Å². The molecule has 34 heavy (non-hydrogen) atoms. The molecule has 0 saturated heterocycles. The maximum absolute atomic E-state index is 14.5. The Hall–Kier alpha value is -3.30. The van der Waals surface area contributed by atoms with Gasteiger partial charge in [-0.15, -0.1) is 0 Å². The van der Waals surface area contributed by atoms with Crippen LogP contribution in [0.3, 0.4) is 0 Å². The predicted octanol–water partition coefficient (Wildman–Crippen LogP) is 3.45. The molecule has 1 saturated carbocycles. The molecule has 1 aliphatic rings. The second-order valence-corrected chi connectivity index (χ2v) is 9.09. The number of carbonyl (C=O) groups is 1. The zero-order valence-corrected chi connectivity index (χ0v) is 18.9. The van der Waals surface area contributed by atoms with Gasteiger partial charge in [0.1, 0.15) is 11.4 Å². The molecule has 0 unspecified atom stereocenters. The highest BCUT2D eigenvalue weighted by Gasteiger charge is 2.43. The summed E-state index contributed by atoms with van der Waals surface area (Å²) in [6, 6.07) is 6.67. The lowest BCUT2D eigenvalue weighted by Crippen LogP contribution is -2.49. The Morgan fingerprint density at radius 3 is 2.71 bits per heavy atom. The van der Waals surface area contributed by atoms with Crippen molar-refractivity contribution in [3.8, 4) is 11.4 Å². The van der Waals surface area contributed by atoms with E-state index >= 15 is 0 Å². The van der Waals surface area contributed by atoms with E-state index in [4.69, 9.17) is 5.73 Å². The molecule has 3 heterocycles. The first-order valence-electron chi connectivity index (χ1n) is 11.0. The van der Waals surface area contributed by atoms with Gasteiger partial charge in [-0.2, -0.15) is 4.39 Å². The van der Waals surface area contributed by atoms with Gasteiger partial charge >= 0.3 is 0 Å². The average molecular weight is 469 g/mol. The maximum Gasteiger partial charge on any atom is 0.213 e. The minimum absolute atomic E-state index is 0.0501. The van der Waals surface area contributed by atoms with E-state index in [0.717, 1.165) is 17.7 Å². The predicted molar refractivity (Wildman–Crippen MR) is 122 cm³/mol. The molecule has 9 heteroatoms. The molecule has 0 radical (unpaired) electrons. The molecule has 7 nitrogen and oxygen atoms in total. The number of carbonyl (C=O) groups excluding carboxylic acids is 1. The van der Waals surface area contributed by atoms with Gasteiger partial charge in [-0.25, -0.2) is 14.4 Å². The van der Waals surface area contributed by atoms with Crippen molar-refractivity contribution >= 4 is 11.5 Å². The SMILES string of the molecule is C[C@H]1C[C@@H](c2ccncc2CC(=O)c2nc(-c3cccc(F)n3)c(F)cc2N)C[C@@H](O)[C@]1(C)O. The van der Waals surface area contributed by atoms with Crippen LogP contribution in [-0.2, 0) is 6.42 Å². The number of aromatic nitrogens is 3. The molecule has 4 atom stereocenters. The fraction of sp³-hybridized carbons (Fsp3) is 0.360. The number of pyridine rings is 3. The van der Waals surface area contributed by atoms with Crippen LogP contribution in [0.25, 0.3) is 11.4 Å². The number of anilines is 1. The Balaban J connectivity index is 1.64. The smallest absolute Gasteiger partial charge is 0.213 e. The van der Waals surface area contributed by atoms with Crippen LogP contribution in [0.5, 0.6) is 0 Å². The molecule has 0 spiro atoms. The van der Waals surface area contributed by atoms with Gasteiger partial charge in [0.05, 0.1) is 23.1 Å². The van der Waals surface area contributed by atoms with Gasteiger partial charge in [0.25, 0.3) is 0 Å². The van der Waals surface area contributed by atoms with E-state index in [-0.39, 0.29) is 41.0 Å². The van der Waals surface area contributed by atoms with Crippen molar-refractivity contribution in [2.75, 3.05) is 5.73 Å². The minimum atomic E-state index is -1.19. The number of hydrogen-bond acceptors (Lipinski definition) is 7. The maximum atomic E-state index is 14.5. The quantitative estimate of drug-likeness (QED) is 0.387. The largest absolute Gasteiger partial charge is 0.397 e. The normalized spacial score (nSPS) is 24.7. The van der Waals surface area contributed by atoms with Gasteiger partial charge in [0, 0.05) is 24.9 Å². The molecule has 0 bridgehead atoms. The lowest BCUT2D eigenvalue weighted by Gasteiger charge is -2.43. The highest BCUT2D eigenvalue weighted by atomic mass is 19.1. The Kier molecular flexibility index (Phi) is 6.42. The van der Waals surface area contributed by atoms with E-state index in [1.165, 1.54) is 12.1 Å². The van der Waals surface area contributed by atoms with E-state index in [1.54, 1.807) is 25.4 Å². The molecular weight excluding hydrogens is 442 g/mol. The number of hydrogen-bond donors (Lipinski definition) is 3. The highest BCUT2D eigenvalue weighted by molar-refractivity contribution is 6.00. The number of nitrogens with two attached hydrogens (primary N) is 1. The summed E-state index contributed by atoms with van der Waals surface area (Å²) in [5.74, 6) is -2.31. The summed E-state index contributed by atoms with van der Waals surface area (Å²) < 4.78 is 28.1. The molecular formula is C25H26F2N4O3. The summed E-state index contributed by atoms with van der Waals surface area (Å²) in [6.45, 7) is 3.51. The molecule has 0 aromatic carbocycles. The van der Waals surface area contributed by atoms with Crippen LogP contribution >= 0.6 is 0 Å². The molecule has 4 rings (SSSR count). The summed E-state index contributed by atoms with van der Waals surface area (Å²) in [7, 11) is 0. The van der Waals surface area contributed by atoms with Crippen molar-refractivity contribution in [2.45, 2.75) is 50.7 Å². The summed E-state index contributed by atoms with van der Waals surface area (Å²) in [5, 5.41) is 21.0. The zero-order chi connectivity index (χ0) is 24.6. The first kappa shape index (κ1) is 23.8. The van der Waals surface area contributed by atoms with E-state index in [1.807, 2.05) is 6.92 Å². The molecule has 4 N–H and O–H groups in total. The third-order valence-electron chi connectivity index (χ3n) is 6.78. The third kappa shape index (κ3) is 4.53.